The van der Waals surface area contributed by atoms with Gasteiger partial charge in [0.2, 0.25) is 0 Å². The standard InChI is InChI=1S/C19H24ClNO3S/c1-2-24-21-17(13-22)11-15-7-6-14(10-19(15)23)8-9-25-18-5-3-4-16(20)12-18/h3-5,7,12-14,17,21H,2,6,8-11H2,1H3. The minimum atomic E-state index is -0.468. The van der Waals surface area contributed by atoms with E-state index in [0.29, 0.717) is 25.4 Å². The predicted molar refractivity (Wildman–Crippen MR) is 102 cm³/mol. The Balaban J connectivity index is 1.78. The lowest BCUT2D eigenvalue weighted by Gasteiger charge is -2.22. The van der Waals surface area contributed by atoms with Gasteiger partial charge in [-0.3, -0.25) is 4.79 Å². The molecule has 4 nitrogen and oxygen atoms in total. The molecule has 136 valence electrons. The van der Waals surface area contributed by atoms with Crippen molar-refractivity contribution in [1.29, 1.82) is 0 Å². The maximum Gasteiger partial charge on any atom is 0.158 e. The van der Waals surface area contributed by atoms with Crippen LogP contribution in [0.5, 0.6) is 0 Å². The molecule has 1 aromatic carbocycles. The largest absolute Gasteiger partial charge is 0.302 e. The summed E-state index contributed by atoms with van der Waals surface area (Å²) in [5.74, 6) is 1.48. The number of carbonyl (C=O) groups is 2. The summed E-state index contributed by atoms with van der Waals surface area (Å²) in [5, 5.41) is 0.746. The van der Waals surface area contributed by atoms with Gasteiger partial charge in [0.25, 0.3) is 0 Å². The molecule has 0 saturated heterocycles. The molecule has 1 aliphatic carbocycles. The zero-order valence-corrected chi connectivity index (χ0v) is 15.9. The van der Waals surface area contributed by atoms with Gasteiger partial charge in [-0.15, -0.1) is 11.8 Å². The van der Waals surface area contributed by atoms with E-state index in [4.69, 9.17) is 16.4 Å². The fourth-order valence-electron chi connectivity index (χ4n) is 2.76. The SMILES string of the molecule is CCONC(C=O)CC1=CCC(CCSc2cccc(Cl)c2)CC1=O. The van der Waals surface area contributed by atoms with Gasteiger partial charge < -0.3 is 9.63 Å². The van der Waals surface area contributed by atoms with Crippen LogP contribution in [0.25, 0.3) is 0 Å². The van der Waals surface area contributed by atoms with Gasteiger partial charge >= 0.3 is 0 Å². The van der Waals surface area contributed by atoms with E-state index in [2.05, 4.69) is 5.48 Å². The van der Waals surface area contributed by atoms with E-state index >= 15 is 0 Å². The Morgan fingerprint density at radius 3 is 3.00 bits per heavy atom. The molecule has 0 spiro atoms. The molecular formula is C19H24ClNO3S. The molecule has 0 bridgehead atoms. The van der Waals surface area contributed by atoms with Crippen molar-refractivity contribution >= 4 is 35.4 Å². The average Bonchev–Trinajstić information content (AvgIpc) is 2.60. The highest BCUT2D eigenvalue weighted by Crippen LogP contribution is 2.29. The van der Waals surface area contributed by atoms with E-state index in [0.717, 1.165) is 40.4 Å². The highest BCUT2D eigenvalue weighted by Gasteiger charge is 2.23. The minimum absolute atomic E-state index is 0.147. The highest BCUT2D eigenvalue weighted by atomic mass is 35.5. The van der Waals surface area contributed by atoms with Crippen LogP contribution < -0.4 is 5.48 Å². The van der Waals surface area contributed by atoms with Crippen LogP contribution in [0.4, 0.5) is 0 Å². The maximum absolute atomic E-state index is 12.3. The average molecular weight is 382 g/mol. The number of hydroxylamine groups is 1. The Labute approximate surface area is 158 Å². The molecule has 0 radical (unpaired) electrons. The summed E-state index contributed by atoms with van der Waals surface area (Å²) in [5.41, 5.74) is 3.42. The Hall–Kier alpha value is -1.14. The number of rotatable bonds is 10. The number of aldehydes is 1. The number of allylic oxidation sites excluding steroid dienone is 1. The van der Waals surface area contributed by atoms with Crippen LogP contribution >= 0.6 is 23.4 Å². The van der Waals surface area contributed by atoms with Gasteiger partial charge in [0.1, 0.15) is 6.29 Å². The summed E-state index contributed by atoms with van der Waals surface area (Å²) in [7, 11) is 0. The fourth-order valence-corrected chi connectivity index (χ4v) is 4.09. The van der Waals surface area contributed by atoms with E-state index in [1.54, 1.807) is 11.8 Å². The summed E-state index contributed by atoms with van der Waals surface area (Å²) < 4.78 is 0. The van der Waals surface area contributed by atoms with Crippen molar-refractivity contribution in [2.24, 2.45) is 5.92 Å². The molecule has 0 aromatic heterocycles. The van der Waals surface area contributed by atoms with Crippen LogP contribution in [0.2, 0.25) is 5.02 Å². The number of nitrogens with one attached hydrogen (secondary N) is 1. The van der Waals surface area contributed by atoms with Crippen molar-refractivity contribution < 1.29 is 14.4 Å². The molecular weight excluding hydrogens is 358 g/mol. The highest BCUT2D eigenvalue weighted by molar-refractivity contribution is 7.99. The van der Waals surface area contributed by atoms with Gasteiger partial charge in [-0.25, -0.2) is 0 Å². The Morgan fingerprint density at radius 1 is 1.48 bits per heavy atom. The smallest absolute Gasteiger partial charge is 0.158 e. The lowest BCUT2D eigenvalue weighted by molar-refractivity contribution is -0.117. The first-order valence-electron chi connectivity index (χ1n) is 8.55. The molecule has 2 unspecified atom stereocenters. The molecule has 1 N–H and O–H groups in total. The summed E-state index contributed by atoms with van der Waals surface area (Å²) in [6, 6.07) is 7.35. The van der Waals surface area contributed by atoms with Gasteiger partial charge in [-0.05, 0) is 61.6 Å². The molecule has 0 heterocycles. The van der Waals surface area contributed by atoms with E-state index in [9.17, 15) is 9.59 Å². The Kier molecular flexibility index (Phi) is 8.68. The van der Waals surface area contributed by atoms with Crippen molar-refractivity contribution in [2.75, 3.05) is 12.4 Å². The lowest BCUT2D eigenvalue weighted by atomic mass is 9.85. The minimum Gasteiger partial charge on any atom is -0.302 e. The van der Waals surface area contributed by atoms with Gasteiger partial charge in [0, 0.05) is 16.3 Å². The number of benzene rings is 1. The van der Waals surface area contributed by atoms with Gasteiger partial charge in [-0.1, -0.05) is 23.7 Å². The zero-order chi connectivity index (χ0) is 18.1. The fraction of sp³-hybridized carbons (Fsp3) is 0.474. The predicted octanol–water partition coefficient (Wildman–Crippen LogP) is 4.23. The number of thioether (sulfide) groups is 1. The molecule has 0 aliphatic heterocycles. The normalized spacial score (nSPS) is 18.7. The van der Waals surface area contributed by atoms with Crippen molar-refractivity contribution in [3.8, 4) is 0 Å². The van der Waals surface area contributed by atoms with Gasteiger partial charge in [0.05, 0.1) is 12.6 Å². The second-order valence-electron chi connectivity index (χ2n) is 6.05. The third kappa shape index (κ3) is 6.94. The number of carbonyl (C=O) groups excluding carboxylic acids is 2. The molecule has 1 aromatic rings. The molecule has 1 aliphatic rings. The van der Waals surface area contributed by atoms with Crippen molar-refractivity contribution in [3.05, 3.63) is 40.9 Å². The number of halogens is 1. The monoisotopic (exact) mass is 381 g/mol. The second kappa shape index (κ2) is 10.8. The maximum atomic E-state index is 12.3. The summed E-state index contributed by atoms with van der Waals surface area (Å²) in [6.07, 6.45) is 5.61. The van der Waals surface area contributed by atoms with Crippen LogP contribution in [0.3, 0.4) is 0 Å². The molecule has 0 amide bonds. The van der Waals surface area contributed by atoms with Gasteiger partial charge in [-0.2, -0.15) is 5.48 Å². The van der Waals surface area contributed by atoms with Crippen LogP contribution in [-0.4, -0.2) is 30.5 Å². The van der Waals surface area contributed by atoms with E-state index in [1.807, 2.05) is 37.3 Å². The summed E-state index contributed by atoms with van der Waals surface area (Å²) in [6.45, 7) is 2.32. The first-order chi connectivity index (χ1) is 12.1. The van der Waals surface area contributed by atoms with Crippen LogP contribution in [0.1, 0.15) is 32.6 Å². The summed E-state index contributed by atoms with van der Waals surface area (Å²) >= 11 is 7.75. The molecule has 2 rings (SSSR count). The summed E-state index contributed by atoms with van der Waals surface area (Å²) in [4.78, 5) is 29.6. The van der Waals surface area contributed by atoms with Crippen LogP contribution in [0.15, 0.2) is 40.8 Å². The molecule has 0 saturated carbocycles. The van der Waals surface area contributed by atoms with Crippen LogP contribution in [-0.2, 0) is 14.4 Å². The third-order valence-corrected chi connectivity index (χ3v) is 5.37. The molecule has 2 atom stereocenters. The quantitative estimate of drug-likeness (QED) is 0.373. The topological polar surface area (TPSA) is 55.4 Å². The van der Waals surface area contributed by atoms with E-state index in [1.165, 1.54) is 0 Å². The van der Waals surface area contributed by atoms with E-state index < -0.39 is 6.04 Å². The Bertz CT molecular complexity index is 620. The zero-order valence-electron chi connectivity index (χ0n) is 14.4. The number of hydrogen-bond acceptors (Lipinski definition) is 5. The number of Topliss-reactive ketones (excluding diaryl/α,β-unsaturated/α-hetero) is 1. The van der Waals surface area contributed by atoms with Crippen molar-refractivity contribution in [3.63, 3.8) is 0 Å². The molecule has 0 fully saturated rings. The third-order valence-electron chi connectivity index (χ3n) is 4.10. The van der Waals surface area contributed by atoms with Crippen molar-refractivity contribution in [1.82, 2.24) is 5.48 Å². The van der Waals surface area contributed by atoms with Crippen molar-refractivity contribution in [2.45, 2.75) is 43.5 Å². The van der Waals surface area contributed by atoms with E-state index in [-0.39, 0.29) is 5.78 Å². The van der Waals surface area contributed by atoms with Crippen LogP contribution in [0, 0.1) is 5.92 Å². The number of ketones is 1. The molecule has 25 heavy (non-hydrogen) atoms. The lowest BCUT2D eigenvalue weighted by Crippen LogP contribution is -2.32. The first kappa shape index (κ1) is 20.2. The first-order valence-corrected chi connectivity index (χ1v) is 9.92. The Morgan fingerprint density at radius 2 is 2.32 bits per heavy atom. The number of hydrogen-bond donors (Lipinski definition) is 1. The second-order valence-corrected chi connectivity index (χ2v) is 7.66. The van der Waals surface area contributed by atoms with Gasteiger partial charge in [0.15, 0.2) is 5.78 Å². The molecule has 6 heteroatoms.